The van der Waals surface area contributed by atoms with Crippen LogP contribution in [0.15, 0.2) is 45.1 Å². The minimum absolute atomic E-state index is 0.120. The van der Waals surface area contributed by atoms with Crippen molar-refractivity contribution in [2.24, 2.45) is 15.4 Å². The van der Waals surface area contributed by atoms with E-state index in [1.54, 1.807) is 21.0 Å². The molecule has 7 nitrogen and oxygen atoms in total. The predicted octanol–water partition coefficient (Wildman–Crippen LogP) is 4.52. The third-order valence-electron chi connectivity index (χ3n) is 6.07. The monoisotopic (exact) mass is 456 g/mol. The molecule has 2 aliphatic heterocycles. The van der Waals surface area contributed by atoms with Crippen molar-refractivity contribution in [1.82, 2.24) is 0 Å². The summed E-state index contributed by atoms with van der Waals surface area (Å²) in [5.74, 6) is 0.219. The van der Waals surface area contributed by atoms with Gasteiger partial charge in [-0.2, -0.15) is 0 Å². The van der Waals surface area contributed by atoms with Crippen LogP contribution in [0.5, 0.6) is 0 Å². The summed E-state index contributed by atoms with van der Waals surface area (Å²) in [6.07, 6.45) is 7.67. The number of carbonyl (C=O) groups is 2. The summed E-state index contributed by atoms with van der Waals surface area (Å²) in [7, 11) is 1.67. The molecule has 1 spiro atoms. The molecule has 0 aromatic heterocycles. The fraction of sp³-hybridized carbons (Fsp3) is 0.615. The van der Waals surface area contributed by atoms with Gasteiger partial charge in [-0.05, 0) is 59.6 Å². The van der Waals surface area contributed by atoms with Gasteiger partial charge in [-0.1, -0.05) is 12.2 Å². The van der Waals surface area contributed by atoms with Crippen LogP contribution in [0, 0.1) is 5.41 Å². The van der Waals surface area contributed by atoms with E-state index in [0.717, 1.165) is 22.6 Å². The number of aliphatic imine (C=N–C) groups is 2. The number of carbonyl (C=O) groups excluding carboxylic acids is 2. The number of hydrogen-bond donors (Lipinski definition) is 0. The molecule has 1 aliphatic carbocycles. The van der Waals surface area contributed by atoms with E-state index in [9.17, 15) is 9.59 Å². The smallest absolute Gasteiger partial charge is 0.311 e. The summed E-state index contributed by atoms with van der Waals surface area (Å²) in [5.41, 5.74) is 2.04. The van der Waals surface area contributed by atoms with Crippen LogP contribution in [0.2, 0.25) is 0 Å². The first-order chi connectivity index (χ1) is 15.4. The van der Waals surface area contributed by atoms with Crippen molar-refractivity contribution in [3.8, 4) is 0 Å². The number of nitrogens with zero attached hydrogens (tertiary/aromatic N) is 2. The average Bonchev–Trinajstić information content (AvgIpc) is 2.85. The van der Waals surface area contributed by atoms with Gasteiger partial charge in [0.2, 0.25) is 0 Å². The van der Waals surface area contributed by atoms with Crippen LogP contribution in [0.4, 0.5) is 0 Å². The zero-order valence-electron chi connectivity index (χ0n) is 20.9. The van der Waals surface area contributed by atoms with Crippen molar-refractivity contribution in [2.45, 2.75) is 78.3 Å². The number of esters is 2. The maximum absolute atomic E-state index is 12.4. The first kappa shape index (κ1) is 24.9. The lowest BCUT2D eigenvalue weighted by atomic mass is 9.68. The number of fused-ring (bicyclic) bond motifs is 1. The molecule has 0 bridgehead atoms. The first-order valence-electron chi connectivity index (χ1n) is 11.6. The summed E-state index contributed by atoms with van der Waals surface area (Å²) in [4.78, 5) is 34.4. The fourth-order valence-corrected chi connectivity index (χ4v) is 5.16. The third kappa shape index (κ3) is 5.28. The van der Waals surface area contributed by atoms with E-state index in [2.05, 4.69) is 26.0 Å². The number of hydrogen-bond acceptors (Lipinski definition) is 7. The van der Waals surface area contributed by atoms with Crippen molar-refractivity contribution >= 4 is 23.4 Å². The summed E-state index contributed by atoms with van der Waals surface area (Å²) >= 11 is 0. The SMILES string of the molecule is CCOC(=O)CC1=NC(C)(C)CC2=C(OC)C3(C=CC2=C1)CC(C)(C)N=C3CC(=O)OCC. The van der Waals surface area contributed by atoms with Crippen molar-refractivity contribution in [3.05, 3.63) is 35.1 Å². The summed E-state index contributed by atoms with van der Waals surface area (Å²) in [6.45, 7) is 12.5. The molecule has 3 rings (SSSR count). The van der Waals surface area contributed by atoms with E-state index in [1.807, 2.05) is 19.9 Å². The minimum Gasteiger partial charge on any atom is -0.499 e. The van der Waals surface area contributed by atoms with Crippen LogP contribution < -0.4 is 0 Å². The predicted molar refractivity (Wildman–Crippen MR) is 128 cm³/mol. The Balaban J connectivity index is 2.08. The minimum atomic E-state index is -0.612. The standard InChI is InChI=1S/C26H36N2O5/c1-8-32-21(29)13-18-12-17-10-11-26(23(31-7)19(17)15-24(3,4)27-18)16-25(5,6)28-20(26)14-22(30)33-9-2/h10-12H,8-9,13-16H2,1-7H3. The molecule has 1 unspecified atom stereocenters. The topological polar surface area (TPSA) is 86.5 Å². The average molecular weight is 457 g/mol. The largest absolute Gasteiger partial charge is 0.499 e. The molecule has 0 amide bonds. The van der Waals surface area contributed by atoms with E-state index in [0.29, 0.717) is 31.8 Å². The zero-order chi connectivity index (χ0) is 24.4. The Hall–Kier alpha value is -2.70. The normalized spacial score (nSPS) is 25.0. The highest BCUT2D eigenvalue weighted by atomic mass is 16.5. The van der Waals surface area contributed by atoms with E-state index in [1.165, 1.54) is 0 Å². The van der Waals surface area contributed by atoms with E-state index >= 15 is 0 Å². The molecule has 0 fully saturated rings. The number of ether oxygens (including phenoxy) is 3. The molecular formula is C26H36N2O5. The van der Waals surface area contributed by atoms with E-state index < -0.39 is 11.0 Å². The summed E-state index contributed by atoms with van der Waals surface area (Å²) in [6, 6.07) is 0. The number of methoxy groups -OCH3 is 1. The Labute approximate surface area is 196 Å². The van der Waals surface area contributed by atoms with Gasteiger partial charge in [-0.3, -0.25) is 19.6 Å². The van der Waals surface area contributed by atoms with Crippen LogP contribution in [0.25, 0.3) is 0 Å². The number of rotatable bonds is 7. The molecule has 0 radical (unpaired) electrons. The van der Waals surface area contributed by atoms with Gasteiger partial charge >= 0.3 is 11.9 Å². The van der Waals surface area contributed by atoms with E-state index in [4.69, 9.17) is 24.2 Å². The van der Waals surface area contributed by atoms with Gasteiger partial charge < -0.3 is 14.2 Å². The fourth-order valence-electron chi connectivity index (χ4n) is 5.16. The maximum Gasteiger partial charge on any atom is 0.311 e. The van der Waals surface area contributed by atoms with E-state index in [-0.39, 0.29) is 30.3 Å². The van der Waals surface area contributed by atoms with Gasteiger partial charge in [0.05, 0.1) is 49.7 Å². The molecule has 0 N–H and O–H groups in total. The lowest BCUT2D eigenvalue weighted by molar-refractivity contribution is -0.142. The van der Waals surface area contributed by atoms with Crippen molar-refractivity contribution in [3.63, 3.8) is 0 Å². The summed E-state index contributed by atoms with van der Waals surface area (Å²) < 4.78 is 16.4. The molecule has 0 saturated carbocycles. The Kier molecular flexibility index (Phi) is 7.01. The van der Waals surface area contributed by atoms with Crippen LogP contribution in [0.1, 0.15) is 67.2 Å². The molecule has 180 valence electrons. The molecule has 0 aromatic rings. The second kappa shape index (κ2) is 9.27. The highest BCUT2D eigenvalue weighted by Gasteiger charge is 2.52. The van der Waals surface area contributed by atoms with Gasteiger partial charge in [-0.25, -0.2) is 0 Å². The van der Waals surface area contributed by atoms with Gasteiger partial charge in [-0.15, -0.1) is 0 Å². The molecule has 0 aromatic carbocycles. The molecular weight excluding hydrogens is 420 g/mol. The molecule has 0 saturated heterocycles. The van der Waals surface area contributed by atoms with Crippen molar-refractivity contribution in [2.75, 3.05) is 20.3 Å². The van der Waals surface area contributed by atoms with Crippen LogP contribution >= 0.6 is 0 Å². The molecule has 3 aliphatic rings. The Morgan fingerprint density at radius 3 is 2.21 bits per heavy atom. The second-order valence-electron chi connectivity index (χ2n) is 10.0. The zero-order valence-corrected chi connectivity index (χ0v) is 20.9. The van der Waals surface area contributed by atoms with Crippen LogP contribution in [-0.4, -0.2) is 54.8 Å². The molecule has 2 heterocycles. The Morgan fingerprint density at radius 2 is 1.61 bits per heavy atom. The summed E-state index contributed by atoms with van der Waals surface area (Å²) in [5, 5.41) is 0. The van der Waals surface area contributed by atoms with Crippen LogP contribution in [0.3, 0.4) is 0 Å². The van der Waals surface area contributed by atoms with Gasteiger partial charge in [0.25, 0.3) is 0 Å². The first-order valence-corrected chi connectivity index (χ1v) is 11.6. The Bertz CT molecular complexity index is 981. The highest BCUT2D eigenvalue weighted by Crippen LogP contribution is 2.52. The Morgan fingerprint density at radius 1 is 0.970 bits per heavy atom. The maximum atomic E-state index is 12.4. The molecule has 7 heteroatoms. The quantitative estimate of drug-likeness (QED) is 0.526. The lowest BCUT2D eigenvalue weighted by Gasteiger charge is -2.37. The van der Waals surface area contributed by atoms with Crippen LogP contribution in [-0.2, 0) is 23.8 Å². The molecule has 1 atom stereocenters. The van der Waals surface area contributed by atoms with Crippen molar-refractivity contribution in [1.29, 1.82) is 0 Å². The van der Waals surface area contributed by atoms with Crippen molar-refractivity contribution < 1.29 is 23.8 Å². The lowest BCUT2D eigenvalue weighted by Crippen LogP contribution is -2.36. The van der Waals surface area contributed by atoms with Gasteiger partial charge in [0, 0.05) is 23.4 Å². The molecule has 33 heavy (non-hydrogen) atoms. The van der Waals surface area contributed by atoms with Gasteiger partial charge in [0.1, 0.15) is 5.76 Å². The number of allylic oxidation sites excluding steroid dienone is 4. The third-order valence-corrected chi connectivity index (χ3v) is 6.07. The van der Waals surface area contributed by atoms with Gasteiger partial charge in [0.15, 0.2) is 0 Å². The second-order valence-corrected chi connectivity index (χ2v) is 10.0. The highest BCUT2D eigenvalue weighted by molar-refractivity contribution is 6.08.